The molecule has 1 aromatic rings. The summed E-state index contributed by atoms with van der Waals surface area (Å²) < 4.78 is 5.38. The first kappa shape index (κ1) is 12.1. The third-order valence-corrected chi connectivity index (χ3v) is 3.12. The highest BCUT2D eigenvalue weighted by molar-refractivity contribution is 6.25. The van der Waals surface area contributed by atoms with Crippen LogP contribution in [0.2, 0.25) is 0 Å². The standard InChI is InChI=1S/C13H17ClN2O/c1-17-13-5-3-2-4-12(13)16-10-8-15(7-6-14)9-11-16/h2-7H,8-11H2,1H3. The predicted molar refractivity (Wildman–Crippen MR) is 71.8 cm³/mol. The molecule has 0 bridgehead atoms. The zero-order chi connectivity index (χ0) is 12.1. The van der Waals surface area contributed by atoms with Gasteiger partial charge in [-0.15, -0.1) is 0 Å². The van der Waals surface area contributed by atoms with Crippen LogP contribution in [0.1, 0.15) is 0 Å². The average Bonchev–Trinajstić information content (AvgIpc) is 2.40. The Morgan fingerprint density at radius 1 is 1.18 bits per heavy atom. The van der Waals surface area contributed by atoms with E-state index in [-0.39, 0.29) is 0 Å². The van der Waals surface area contributed by atoms with Gasteiger partial charge in [0.15, 0.2) is 0 Å². The molecular formula is C13H17ClN2O. The van der Waals surface area contributed by atoms with Gasteiger partial charge in [0.2, 0.25) is 0 Å². The fourth-order valence-electron chi connectivity index (χ4n) is 2.08. The van der Waals surface area contributed by atoms with Crippen molar-refractivity contribution in [3.63, 3.8) is 0 Å². The van der Waals surface area contributed by atoms with Gasteiger partial charge in [-0.1, -0.05) is 23.7 Å². The van der Waals surface area contributed by atoms with Crippen molar-refractivity contribution in [3.05, 3.63) is 36.0 Å². The van der Waals surface area contributed by atoms with Crippen LogP contribution in [0.4, 0.5) is 5.69 Å². The van der Waals surface area contributed by atoms with E-state index in [9.17, 15) is 0 Å². The number of nitrogens with zero attached hydrogens (tertiary/aromatic N) is 2. The number of hydrogen-bond donors (Lipinski definition) is 0. The van der Waals surface area contributed by atoms with Gasteiger partial charge in [-0.05, 0) is 12.1 Å². The van der Waals surface area contributed by atoms with Gasteiger partial charge in [0.05, 0.1) is 12.8 Å². The number of ether oxygens (including phenoxy) is 1. The topological polar surface area (TPSA) is 15.7 Å². The molecule has 4 heteroatoms. The fourth-order valence-corrected chi connectivity index (χ4v) is 2.24. The number of halogens is 1. The Bertz CT molecular complexity index is 387. The van der Waals surface area contributed by atoms with Gasteiger partial charge in [0.1, 0.15) is 5.75 Å². The van der Waals surface area contributed by atoms with Gasteiger partial charge in [-0.25, -0.2) is 0 Å². The lowest BCUT2D eigenvalue weighted by molar-refractivity contribution is 0.346. The molecule has 17 heavy (non-hydrogen) atoms. The largest absolute Gasteiger partial charge is 0.495 e. The van der Waals surface area contributed by atoms with Crippen LogP contribution in [-0.2, 0) is 0 Å². The maximum absolute atomic E-state index is 5.58. The molecule has 0 aliphatic carbocycles. The van der Waals surface area contributed by atoms with Crippen LogP contribution in [-0.4, -0.2) is 38.2 Å². The normalized spacial score (nSPS) is 16.6. The highest BCUT2D eigenvalue weighted by Gasteiger charge is 2.17. The third kappa shape index (κ3) is 2.86. The molecule has 0 spiro atoms. The summed E-state index contributed by atoms with van der Waals surface area (Å²) >= 11 is 5.58. The predicted octanol–water partition coefficient (Wildman–Crippen LogP) is 2.53. The Balaban J connectivity index is 2.05. The quantitative estimate of drug-likeness (QED) is 0.822. The Hall–Kier alpha value is -1.35. The van der Waals surface area contributed by atoms with Crippen LogP contribution >= 0.6 is 11.6 Å². The lowest BCUT2D eigenvalue weighted by Crippen LogP contribution is -2.44. The van der Waals surface area contributed by atoms with Gasteiger partial charge in [-0.2, -0.15) is 0 Å². The lowest BCUT2D eigenvalue weighted by atomic mass is 10.2. The molecule has 1 aromatic carbocycles. The van der Waals surface area contributed by atoms with Crippen LogP contribution in [0.3, 0.4) is 0 Å². The molecule has 92 valence electrons. The second-order valence-electron chi connectivity index (χ2n) is 3.97. The number of hydrogen-bond acceptors (Lipinski definition) is 3. The maximum Gasteiger partial charge on any atom is 0.142 e. The Morgan fingerprint density at radius 2 is 1.88 bits per heavy atom. The molecule has 0 radical (unpaired) electrons. The molecule has 3 nitrogen and oxygen atoms in total. The Labute approximate surface area is 107 Å². The zero-order valence-corrected chi connectivity index (χ0v) is 10.7. The molecule has 0 unspecified atom stereocenters. The van der Waals surface area contributed by atoms with E-state index in [1.54, 1.807) is 12.6 Å². The zero-order valence-electron chi connectivity index (χ0n) is 9.97. The molecule has 0 saturated carbocycles. The molecular weight excluding hydrogens is 236 g/mol. The minimum Gasteiger partial charge on any atom is -0.495 e. The number of rotatable bonds is 3. The van der Waals surface area contributed by atoms with Crippen molar-refractivity contribution in [3.8, 4) is 5.75 Å². The number of para-hydroxylation sites is 2. The van der Waals surface area contributed by atoms with E-state index < -0.39 is 0 Å². The first-order valence-corrected chi connectivity index (χ1v) is 6.17. The highest BCUT2D eigenvalue weighted by atomic mass is 35.5. The molecule has 1 aliphatic rings. The number of methoxy groups -OCH3 is 1. The molecule has 1 aliphatic heterocycles. The lowest BCUT2D eigenvalue weighted by Gasteiger charge is -2.35. The number of anilines is 1. The Kier molecular flexibility index (Phi) is 4.15. The highest BCUT2D eigenvalue weighted by Crippen LogP contribution is 2.28. The van der Waals surface area contributed by atoms with Crippen molar-refractivity contribution < 1.29 is 4.74 Å². The van der Waals surface area contributed by atoms with Gasteiger partial charge >= 0.3 is 0 Å². The molecule has 1 saturated heterocycles. The van der Waals surface area contributed by atoms with Crippen molar-refractivity contribution in [2.45, 2.75) is 0 Å². The molecule has 1 fully saturated rings. The van der Waals surface area contributed by atoms with E-state index in [2.05, 4.69) is 15.9 Å². The molecule has 2 rings (SSSR count). The van der Waals surface area contributed by atoms with E-state index in [1.807, 2.05) is 24.4 Å². The minimum atomic E-state index is 0.939. The monoisotopic (exact) mass is 252 g/mol. The van der Waals surface area contributed by atoms with Gasteiger partial charge in [0, 0.05) is 37.9 Å². The fraction of sp³-hybridized carbons (Fsp3) is 0.385. The first-order chi connectivity index (χ1) is 8.35. The molecule has 1 heterocycles. The molecule has 0 N–H and O–H groups in total. The number of piperazine rings is 1. The minimum absolute atomic E-state index is 0.939. The average molecular weight is 253 g/mol. The van der Waals surface area contributed by atoms with Crippen molar-refractivity contribution in [1.82, 2.24) is 4.90 Å². The summed E-state index contributed by atoms with van der Waals surface area (Å²) in [4.78, 5) is 4.57. The summed E-state index contributed by atoms with van der Waals surface area (Å²) in [6.45, 7) is 3.95. The van der Waals surface area contributed by atoms with Gasteiger partial charge < -0.3 is 14.5 Å². The smallest absolute Gasteiger partial charge is 0.142 e. The summed E-state index contributed by atoms with van der Waals surface area (Å²) in [6.07, 6.45) is 1.93. The van der Waals surface area contributed by atoms with Crippen molar-refractivity contribution in [1.29, 1.82) is 0 Å². The van der Waals surface area contributed by atoms with E-state index >= 15 is 0 Å². The van der Waals surface area contributed by atoms with Crippen molar-refractivity contribution in [2.24, 2.45) is 0 Å². The second kappa shape index (κ2) is 5.82. The molecule has 0 aromatic heterocycles. The van der Waals surface area contributed by atoms with E-state index in [0.717, 1.165) is 31.9 Å². The summed E-state index contributed by atoms with van der Waals surface area (Å²) in [5, 5.41) is 0. The van der Waals surface area contributed by atoms with Crippen molar-refractivity contribution >= 4 is 17.3 Å². The summed E-state index contributed by atoms with van der Waals surface area (Å²) in [5.74, 6) is 0.939. The van der Waals surface area contributed by atoms with Gasteiger partial charge in [-0.3, -0.25) is 0 Å². The van der Waals surface area contributed by atoms with Crippen LogP contribution in [0, 0.1) is 0 Å². The van der Waals surface area contributed by atoms with E-state index in [1.165, 1.54) is 5.69 Å². The van der Waals surface area contributed by atoms with Gasteiger partial charge in [0.25, 0.3) is 0 Å². The van der Waals surface area contributed by atoms with Crippen molar-refractivity contribution in [2.75, 3.05) is 38.2 Å². The third-order valence-electron chi connectivity index (χ3n) is 3.01. The Morgan fingerprint density at radius 3 is 2.53 bits per heavy atom. The summed E-state index contributed by atoms with van der Waals surface area (Å²) in [5.41, 5.74) is 2.74. The van der Waals surface area contributed by atoms with Crippen LogP contribution in [0.15, 0.2) is 36.0 Å². The van der Waals surface area contributed by atoms with Crippen LogP contribution in [0.25, 0.3) is 0 Å². The second-order valence-corrected chi connectivity index (χ2v) is 4.22. The maximum atomic E-state index is 5.58. The molecule has 0 amide bonds. The van der Waals surface area contributed by atoms with Crippen LogP contribution in [0.5, 0.6) is 5.75 Å². The SMILES string of the molecule is COc1ccccc1N1CCN(C=CCl)CC1. The molecule has 0 atom stereocenters. The van der Waals surface area contributed by atoms with E-state index in [4.69, 9.17) is 16.3 Å². The summed E-state index contributed by atoms with van der Waals surface area (Å²) in [7, 11) is 1.71. The van der Waals surface area contributed by atoms with Crippen LogP contribution < -0.4 is 9.64 Å². The number of benzene rings is 1. The van der Waals surface area contributed by atoms with E-state index in [0.29, 0.717) is 0 Å². The first-order valence-electron chi connectivity index (χ1n) is 5.74. The summed E-state index contributed by atoms with van der Waals surface area (Å²) in [6, 6.07) is 8.14.